The smallest absolute Gasteiger partial charge is 0.197 e. The molecule has 0 saturated heterocycles. The molecule has 86 valence electrons. The SMILES string of the molecule is CN(CCO)c1cc(=S)c2scc(Br)c2o1. The molecule has 0 fully saturated rings. The van der Waals surface area contributed by atoms with Crippen molar-refractivity contribution in [2.75, 3.05) is 25.1 Å². The van der Waals surface area contributed by atoms with Crippen molar-refractivity contribution in [3.63, 3.8) is 0 Å². The first kappa shape index (κ1) is 12.0. The van der Waals surface area contributed by atoms with Crippen molar-refractivity contribution in [1.29, 1.82) is 0 Å². The van der Waals surface area contributed by atoms with Crippen molar-refractivity contribution in [3.8, 4) is 0 Å². The summed E-state index contributed by atoms with van der Waals surface area (Å²) in [7, 11) is 1.86. The van der Waals surface area contributed by atoms with Crippen molar-refractivity contribution < 1.29 is 9.52 Å². The number of fused-ring (bicyclic) bond motifs is 1. The number of hydrogen-bond acceptors (Lipinski definition) is 5. The van der Waals surface area contributed by atoms with E-state index >= 15 is 0 Å². The van der Waals surface area contributed by atoms with Crippen LogP contribution in [0.1, 0.15) is 0 Å². The Balaban J connectivity index is 2.56. The average Bonchev–Trinajstić information content (AvgIpc) is 2.61. The van der Waals surface area contributed by atoms with Gasteiger partial charge in [0.15, 0.2) is 11.5 Å². The topological polar surface area (TPSA) is 36.6 Å². The van der Waals surface area contributed by atoms with Crippen molar-refractivity contribution in [2.45, 2.75) is 0 Å². The van der Waals surface area contributed by atoms with Crippen LogP contribution in [0.5, 0.6) is 0 Å². The lowest BCUT2D eigenvalue weighted by atomic mass is 10.4. The molecule has 0 aliphatic rings. The number of aliphatic hydroxyl groups excluding tert-OH is 1. The third-order valence-electron chi connectivity index (χ3n) is 2.20. The predicted molar refractivity (Wildman–Crippen MR) is 73.0 cm³/mol. The highest BCUT2D eigenvalue weighted by molar-refractivity contribution is 9.10. The monoisotopic (exact) mass is 319 g/mol. The van der Waals surface area contributed by atoms with E-state index in [0.717, 1.165) is 19.3 Å². The molecule has 16 heavy (non-hydrogen) atoms. The van der Waals surface area contributed by atoms with E-state index in [1.54, 1.807) is 11.3 Å². The first-order valence-electron chi connectivity index (χ1n) is 4.66. The molecule has 2 aromatic rings. The van der Waals surface area contributed by atoms with Gasteiger partial charge < -0.3 is 14.4 Å². The van der Waals surface area contributed by atoms with Crippen LogP contribution in [-0.2, 0) is 0 Å². The highest BCUT2D eigenvalue weighted by atomic mass is 79.9. The molecule has 0 spiro atoms. The normalized spacial score (nSPS) is 10.9. The largest absolute Gasteiger partial charge is 0.438 e. The minimum atomic E-state index is 0.0849. The van der Waals surface area contributed by atoms with E-state index in [2.05, 4.69) is 15.9 Å². The Hall–Kier alpha value is -0.430. The lowest BCUT2D eigenvalue weighted by molar-refractivity contribution is 0.302. The van der Waals surface area contributed by atoms with E-state index in [1.807, 2.05) is 23.4 Å². The van der Waals surface area contributed by atoms with Gasteiger partial charge in [-0.25, -0.2) is 0 Å². The highest BCUT2D eigenvalue weighted by Gasteiger charge is 2.10. The molecule has 0 radical (unpaired) electrons. The van der Waals surface area contributed by atoms with Crippen LogP contribution in [0.25, 0.3) is 10.3 Å². The maximum atomic E-state index is 8.88. The second-order valence-corrected chi connectivity index (χ2v) is 5.51. The minimum absolute atomic E-state index is 0.0849. The Morgan fingerprint density at radius 3 is 3.06 bits per heavy atom. The third kappa shape index (κ3) is 2.15. The summed E-state index contributed by atoms with van der Waals surface area (Å²) in [6.45, 7) is 0.604. The first-order valence-corrected chi connectivity index (χ1v) is 6.74. The van der Waals surface area contributed by atoms with Gasteiger partial charge in [-0.3, -0.25) is 0 Å². The van der Waals surface area contributed by atoms with Gasteiger partial charge in [0.05, 0.1) is 20.3 Å². The van der Waals surface area contributed by atoms with E-state index in [9.17, 15) is 0 Å². The Bertz CT molecular complexity index is 563. The van der Waals surface area contributed by atoms with Gasteiger partial charge in [0.2, 0.25) is 0 Å². The number of likely N-dealkylation sites (N-methyl/N-ethyl adjacent to an activating group) is 1. The lowest BCUT2D eigenvalue weighted by Gasteiger charge is -2.15. The Morgan fingerprint density at radius 1 is 1.62 bits per heavy atom. The van der Waals surface area contributed by atoms with Gasteiger partial charge >= 0.3 is 0 Å². The lowest BCUT2D eigenvalue weighted by Crippen LogP contribution is -2.20. The number of nitrogens with zero attached hydrogens (tertiary/aromatic N) is 1. The predicted octanol–water partition coefficient (Wildman–Crippen LogP) is 3.41. The summed E-state index contributed by atoms with van der Waals surface area (Å²) >= 11 is 10.3. The van der Waals surface area contributed by atoms with E-state index < -0.39 is 0 Å². The van der Waals surface area contributed by atoms with Crippen LogP contribution in [0, 0.1) is 4.51 Å². The molecule has 2 aromatic heterocycles. The molecule has 3 nitrogen and oxygen atoms in total. The van der Waals surface area contributed by atoms with Gasteiger partial charge in [-0.2, -0.15) is 0 Å². The summed E-state index contributed by atoms with van der Waals surface area (Å²) in [5.74, 6) is 0.672. The number of aliphatic hydroxyl groups is 1. The quantitative estimate of drug-likeness (QED) is 0.879. The number of halogens is 1. The molecule has 2 rings (SSSR count). The van der Waals surface area contributed by atoms with Crippen LogP contribution in [0.3, 0.4) is 0 Å². The second-order valence-electron chi connectivity index (χ2n) is 3.34. The number of thiophene rings is 1. The van der Waals surface area contributed by atoms with Gasteiger partial charge in [0, 0.05) is 25.0 Å². The maximum absolute atomic E-state index is 8.88. The Kier molecular flexibility index (Phi) is 3.63. The van der Waals surface area contributed by atoms with Crippen molar-refractivity contribution >= 4 is 55.7 Å². The average molecular weight is 320 g/mol. The fourth-order valence-electron chi connectivity index (χ4n) is 1.35. The molecule has 0 aromatic carbocycles. The number of rotatable bonds is 3. The molecular formula is C10H10BrNO2S2. The molecule has 0 aliphatic carbocycles. The fraction of sp³-hybridized carbons (Fsp3) is 0.300. The second kappa shape index (κ2) is 4.83. The molecule has 6 heteroatoms. The fourth-order valence-corrected chi connectivity index (χ4v) is 3.14. The zero-order valence-corrected chi connectivity index (χ0v) is 11.8. The summed E-state index contributed by atoms with van der Waals surface area (Å²) in [4.78, 5) is 1.83. The summed E-state index contributed by atoms with van der Waals surface area (Å²) in [5.41, 5.74) is 0.775. The third-order valence-corrected chi connectivity index (χ3v) is 4.54. The molecule has 0 amide bonds. The summed E-state index contributed by atoms with van der Waals surface area (Å²) in [5, 5.41) is 10.8. The van der Waals surface area contributed by atoms with Crippen molar-refractivity contribution in [2.24, 2.45) is 0 Å². The summed E-state index contributed by atoms with van der Waals surface area (Å²) in [6, 6.07) is 1.82. The van der Waals surface area contributed by atoms with Crippen LogP contribution in [0.2, 0.25) is 0 Å². The van der Waals surface area contributed by atoms with Crippen molar-refractivity contribution in [1.82, 2.24) is 0 Å². The van der Waals surface area contributed by atoms with E-state index in [0.29, 0.717) is 12.4 Å². The van der Waals surface area contributed by atoms with Crippen molar-refractivity contribution in [3.05, 3.63) is 20.4 Å². The molecule has 0 aliphatic heterocycles. The molecular weight excluding hydrogens is 310 g/mol. The van der Waals surface area contributed by atoms with Gasteiger partial charge in [-0.05, 0) is 15.9 Å². The van der Waals surface area contributed by atoms with Crippen LogP contribution in [-0.4, -0.2) is 25.3 Å². The maximum Gasteiger partial charge on any atom is 0.197 e. The zero-order chi connectivity index (χ0) is 11.7. The van der Waals surface area contributed by atoms with Crippen LogP contribution in [0.4, 0.5) is 5.88 Å². The Labute approximate surface area is 110 Å². The van der Waals surface area contributed by atoms with Gasteiger partial charge in [-0.15, -0.1) is 11.3 Å². The Morgan fingerprint density at radius 2 is 2.38 bits per heavy atom. The van der Waals surface area contributed by atoms with E-state index in [-0.39, 0.29) is 6.61 Å². The number of anilines is 1. The molecule has 0 unspecified atom stereocenters. The highest BCUT2D eigenvalue weighted by Crippen LogP contribution is 2.34. The van der Waals surface area contributed by atoms with E-state index in [1.165, 1.54) is 0 Å². The van der Waals surface area contributed by atoms with Crippen LogP contribution in [0.15, 0.2) is 20.3 Å². The molecule has 2 heterocycles. The van der Waals surface area contributed by atoms with Crippen LogP contribution < -0.4 is 4.90 Å². The molecule has 0 atom stereocenters. The molecule has 0 bridgehead atoms. The first-order chi connectivity index (χ1) is 7.63. The molecule has 0 saturated carbocycles. The number of hydrogen-bond donors (Lipinski definition) is 1. The van der Waals surface area contributed by atoms with Gasteiger partial charge in [-0.1, -0.05) is 12.2 Å². The summed E-state index contributed by atoms with van der Waals surface area (Å²) < 4.78 is 8.40. The van der Waals surface area contributed by atoms with E-state index in [4.69, 9.17) is 21.7 Å². The zero-order valence-electron chi connectivity index (χ0n) is 8.57. The van der Waals surface area contributed by atoms with Gasteiger partial charge in [0.1, 0.15) is 0 Å². The molecule has 1 N–H and O–H groups in total. The standard InChI is InChI=1S/C10H10BrNO2S2/c1-12(2-3-13)8-4-7(15)10-9(14-8)6(11)5-16-10/h4-5,13H,2-3H2,1H3. The summed E-state index contributed by atoms with van der Waals surface area (Å²) in [6.07, 6.45) is 0. The van der Waals surface area contributed by atoms with Crippen LogP contribution >= 0.6 is 39.5 Å². The van der Waals surface area contributed by atoms with Gasteiger partial charge in [0.25, 0.3) is 0 Å². The minimum Gasteiger partial charge on any atom is -0.438 e.